The van der Waals surface area contributed by atoms with Crippen molar-refractivity contribution in [1.82, 2.24) is 0 Å². The largest absolute Gasteiger partial charge is 0.392 e. The fourth-order valence-electron chi connectivity index (χ4n) is 1.48. The third-order valence-corrected chi connectivity index (χ3v) is 3.62. The van der Waals surface area contributed by atoms with E-state index in [0.717, 1.165) is 20.7 Å². The number of fused-ring (bicyclic) bond motifs is 1. The molecule has 2 aromatic rings. The van der Waals surface area contributed by atoms with Gasteiger partial charge in [0.2, 0.25) is 0 Å². The van der Waals surface area contributed by atoms with Crippen LogP contribution in [0.4, 0.5) is 0 Å². The van der Waals surface area contributed by atoms with Gasteiger partial charge in [-0.25, -0.2) is 0 Å². The fraction of sp³-hybridized carbons (Fsp3) is 0.200. The predicted octanol–water partition coefficient (Wildman–Crippen LogP) is 3.36. The third-order valence-electron chi connectivity index (χ3n) is 2.13. The van der Waals surface area contributed by atoms with Gasteiger partial charge in [0, 0.05) is 5.39 Å². The molecule has 0 saturated carbocycles. The van der Waals surface area contributed by atoms with Crippen LogP contribution in [0.15, 0.2) is 17.5 Å². The van der Waals surface area contributed by atoms with Gasteiger partial charge in [-0.3, -0.25) is 0 Å². The summed E-state index contributed by atoms with van der Waals surface area (Å²) in [6, 6.07) is 3.88. The van der Waals surface area contributed by atoms with Crippen molar-refractivity contribution in [1.29, 1.82) is 0 Å². The molecule has 0 bridgehead atoms. The molecule has 3 heteroatoms. The van der Waals surface area contributed by atoms with Gasteiger partial charge < -0.3 is 5.11 Å². The molecule has 0 atom stereocenters. The van der Waals surface area contributed by atoms with Crippen LogP contribution >= 0.6 is 22.9 Å². The summed E-state index contributed by atoms with van der Waals surface area (Å²) in [7, 11) is 0. The summed E-state index contributed by atoms with van der Waals surface area (Å²) in [5, 5.41) is 12.9. The molecule has 0 aliphatic rings. The van der Waals surface area contributed by atoms with Crippen LogP contribution in [0, 0.1) is 6.92 Å². The lowest BCUT2D eigenvalue weighted by Crippen LogP contribution is -1.82. The van der Waals surface area contributed by atoms with Gasteiger partial charge in [0.1, 0.15) is 0 Å². The number of aryl methyl sites for hydroxylation is 1. The van der Waals surface area contributed by atoms with E-state index in [1.54, 1.807) is 11.3 Å². The van der Waals surface area contributed by atoms with E-state index in [9.17, 15) is 0 Å². The number of halogens is 1. The summed E-state index contributed by atoms with van der Waals surface area (Å²) in [5.74, 6) is 0. The lowest BCUT2D eigenvalue weighted by Gasteiger charge is -2.00. The van der Waals surface area contributed by atoms with Crippen molar-refractivity contribution >= 4 is 33.0 Å². The summed E-state index contributed by atoms with van der Waals surface area (Å²) >= 11 is 7.62. The molecule has 0 radical (unpaired) electrons. The first kappa shape index (κ1) is 9.00. The minimum atomic E-state index is 0.0845. The SMILES string of the molecule is Cc1ccc(Cl)c2scc(CO)c12. The molecule has 2 rings (SSSR count). The molecule has 0 spiro atoms. The summed E-state index contributed by atoms with van der Waals surface area (Å²) < 4.78 is 1.07. The van der Waals surface area contributed by atoms with Gasteiger partial charge in [-0.1, -0.05) is 17.7 Å². The molecule has 68 valence electrons. The number of benzene rings is 1. The molecular weight excluding hydrogens is 204 g/mol. The molecule has 1 aromatic heterocycles. The van der Waals surface area contributed by atoms with Gasteiger partial charge in [-0.2, -0.15) is 0 Å². The highest BCUT2D eigenvalue weighted by Gasteiger charge is 2.08. The molecule has 0 amide bonds. The molecule has 0 fully saturated rings. The Kier molecular flexibility index (Phi) is 2.28. The zero-order valence-electron chi connectivity index (χ0n) is 7.17. The standard InChI is InChI=1S/C10H9ClOS/c1-6-2-3-8(11)10-9(6)7(4-12)5-13-10/h2-3,5,12H,4H2,1H3. The van der Waals surface area contributed by atoms with Crippen LogP contribution in [0.3, 0.4) is 0 Å². The van der Waals surface area contributed by atoms with Crippen LogP contribution in [0.1, 0.15) is 11.1 Å². The summed E-state index contributed by atoms with van der Waals surface area (Å²) in [6.07, 6.45) is 0. The first-order chi connectivity index (χ1) is 6.24. The Morgan fingerprint density at radius 1 is 1.46 bits per heavy atom. The Labute approximate surface area is 85.6 Å². The maximum absolute atomic E-state index is 9.10. The first-order valence-electron chi connectivity index (χ1n) is 4.00. The van der Waals surface area contributed by atoms with Crippen LogP contribution in [0.25, 0.3) is 10.1 Å². The quantitative estimate of drug-likeness (QED) is 0.769. The predicted molar refractivity (Wildman–Crippen MR) is 57.5 cm³/mol. The molecular formula is C10H9ClOS. The van der Waals surface area contributed by atoms with E-state index in [1.807, 2.05) is 24.4 Å². The van der Waals surface area contributed by atoms with Crippen molar-refractivity contribution in [3.05, 3.63) is 33.7 Å². The Bertz CT molecular complexity index is 447. The highest BCUT2D eigenvalue weighted by atomic mass is 35.5. The Morgan fingerprint density at radius 2 is 2.23 bits per heavy atom. The van der Waals surface area contributed by atoms with Crippen LogP contribution in [-0.4, -0.2) is 5.11 Å². The highest BCUT2D eigenvalue weighted by molar-refractivity contribution is 7.18. The van der Waals surface area contributed by atoms with Gasteiger partial charge in [0.05, 0.1) is 16.3 Å². The number of hydrogen-bond donors (Lipinski definition) is 1. The average Bonchev–Trinajstić information content (AvgIpc) is 2.56. The normalized spacial score (nSPS) is 11.0. The zero-order chi connectivity index (χ0) is 9.42. The van der Waals surface area contributed by atoms with Crippen LogP contribution in [-0.2, 0) is 6.61 Å². The van der Waals surface area contributed by atoms with E-state index in [0.29, 0.717) is 0 Å². The molecule has 1 nitrogen and oxygen atoms in total. The van der Waals surface area contributed by atoms with E-state index in [2.05, 4.69) is 0 Å². The minimum Gasteiger partial charge on any atom is -0.392 e. The summed E-state index contributed by atoms with van der Waals surface area (Å²) in [5.41, 5.74) is 2.14. The van der Waals surface area contributed by atoms with Gasteiger partial charge in [0.25, 0.3) is 0 Å². The Balaban J connectivity index is 2.87. The van der Waals surface area contributed by atoms with Crippen LogP contribution < -0.4 is 0 Å². The number of thiophene rings is 1. The van der Waals surface area contributed by atoms with Crippen molar-refractivity contribution in [3.63, 3.8) is 0 Å². The number of aliphatic hydroxyl groups excluding tert-OH is 1. The van der Waals surface area contributed by atoms with E-state index < -0.39 is 0 Å². The van der Waals surface area contributed by atoms with Crippen LogP contribution in [0.2, 0.25) is 5.02 Å². The second kappa shape index (κ2) is 3.29. The molecule has 1 aromatic carbocycles. The number of rotatable bonds is 1. The number of hydrogen-bond acceptors (Lipinski definition) is 2. The molecule has 0 aliphatic heterocycles. The van der Waals surface area contributed by atoms with E-state index in [1.165, 1.54) is 5.56 Å². The minimum absolute atomic E-state index is 0.0845. The molecule has 1 heterocycles. The zero-order valence-corrected chi connectivity index (χ0v) is 8.75. The maximum Gasteiger partial charge on any atom is 0.0696 e. The molecule has 0 unspecified atom stereocenters. The third kappa shape index (κ3) is 1.35. The summed E-state index contributed by atoms with van der Waals surface area (Å²) in [6.45, 7) is 2.12. The van der Waals surface area contributed by atoms with Gasteiger partial charge >= 0.3 is 0 Å². The van der Waals surface area contributed by atoms with Crippen molar-refractivity contribution in [2.75, 3.05) is 0 Å². The molecule has 13 heavy (non-hydrogen) atoms. The maximum atomic E-state index is 9.10. The van der Waals surface area contributed by atoms with E-state index >= 15 is 0 Å². The van der Waals surface area contributed by atoms with Crippen molar-refractivity contribution in [3.8, 4) is 0 Å². The first-order valence-corrected chi connectivity index (χ1v) is 5.26. The lowest BCUT2D eigenvalue weighted by molar-refractivity contribution is 0.284. The molecule has 0 aliphatic carbocycles. The van der Waals surface area contributed by atoms with E-state index in [-0.39, 0.29) is 6.61 Å². The molecule has 0 saturated heterocycles. The van der Waals surface area contributed by atoms with Gasteiger partial charge in [-0.05, 0) is 29.5 Å². The average molecular weight is 213 g/mol. The Hall–Kier alpha value is -0.570. The smallest absolute Gasteiger partial charge is 0.0696 e. The highest BCUT2D eigenvalue weighted by Crippen LogP contribution is 2.34. The monoisotopic (exact) mass is 212 g/mol. The van der Waals surface area contributed by atoms with Crippen molar-refractivity contribution in [2.45, 2.75) is 13.5 Å². The fourth-order valence-corrected chi connectivity index (χ4v) is 2.81. The van der Waals surface area contributed by atoms with Crippen molar-refractivity contribution < 1.29 is 5.11 Å². The number of aliphatic hydroxyl groups is 1. The molecule has 1 N–H and O–H groups in total. The lowest BCUT2D eigenvalue weighted by atomic mass is 10.1. The Morgan fingerprint density at radius 3 is 2.92 bits per heavy atom. The topological polar surface area (TPSA) is 20.2 Å². The second-order valence-corrected chi connectivity index (χ2v) is 4.27. The van der Waals surface area contributed by atoms with E-state index in [4.69, 9.17) is 16.7 Å². The van der Waals surface area contributed by atoms with Gasteiger partial charge in [0.15, 0.2) is 0 Å². The van der Waals surface area contributed by atoms with Gasteiger partial charge in [-0.15, -0.1) is 11.3 Å². The second-order valence-electron chi connectivity index (χ2n) is 2.99. The summed E-state index contributed by atoms with van der Waals surface area (Å²) in [4.78, 5) is 0. The van der Waals surface area contributed by atoms with Crippen LogP contribution in [0.5, 0.6) is 0 Å². The van der Waals surface area contributed by atoms with Crippen molar-refractivity contribution in [2.24, 2.45) is 0 Å².